The van der Waals surface area contributed by atoms with Crippen LogP contribution < -0.4 is 10.1 Å². The van der Waals surface area contributed by atoms with E-state index in [-0.39, 0.29) is 0 Å². The number of ether oxygens (including phenoxy) is 1. The minimum absolute atomic E-state index is 0.420. The Labute approximate surface area is 161 Å². The van der Waals surface area contributed by atoms with Gasteiger partial charge in [0.1, 0.15) is 18.1 Å². The van der Waals surface area contributed by atoms with E-state index >= 15 is 0 Å². The van der Waals surface area contributed by atoms with E-state index in [1.54, 1.807) is 0 Å². The minimum Gasteiger partial charge on any atom is -0.488 e. The summed E-state index contributed by atoms with van der Waals surface area (Å²) in [4.78, 5) is 2.07. The van der Waals surface area contributed by atoms with Crippen LogP contribution in [0.25, 0.3) is 0 Å². The number of piperazine rings is 1. The van der Waals surface area contributed by atoms with Crippen LogP contribution in [0.1, 0.15) is 18.1 Å². The largest absolute Gasteiger partial charge is 0.488 e. The van der Waals surface area contributed by atoms with Crippen LogP contribution in [0, 0.1) is 0 Å². The number of nitrogens with one attached hydrogen (secondary N) is 1. The minimum atomic E-state index is -1.10. The summed E-state index contributed by atoms with van der Waals surface area (Å²) in [6, 6.07) is 13.3. The lowest BCUT2D eigenvalue weighted by atomic mass is 10.0. The highest BCUT2D eigenvalue weighted by Crippen LogP contribution is 2.35. The summed E-state index contributed by atoms with van der Waals surface area (Å²) in [6.07, 6.45) is 0. The molecule has 0 aliphatic carbocycles. The topological polar surface area (TPSA) is 44.7 Å². The van der Waals surface area contributed by atoms with Gasteiger partial charge in [-0.2, -0.15) is 0 Å². The molecule has 1 saturated heterocycles. The molecule has 0 radical (unpaired) electrons. The fraction of sp³-hybridized carbons (Fsp3) is 0.368. The molecule has 0 saturated carbocycles. The van der Waals surface area contributed by atoms with Gasteiger partial charge in [0.15, 0.2) is 0 Å². The van der Waals surface area contributed by atoms with Crippen molar-refractivity contribution in [2.24, 2.45) is 0 Å². The number of hydrogen-bond donors (Lipinski definition) is 2. The smallest absolute Gasteiger partial charge is 0.145 e. The third-order valence-electron chi connectivity index (χ3n) is 4.49. The van der Waals surface area contributed by atoms with E-state index in [1.807, 2.05) is 49.4 Å². The number of hydrogen-bond acceptors (Lipinski definition) is 4. The van der Waals surface area contributed by atoms with Crippen LogP contribution in [0.5, 0.6) is 5.75 Å². The molecule has 3 rings (SSSR count). The SMILES string of the molecule is CC(O)(c1cc(Br)ccc1OCc1ccc(Cl)cc1)N1CCNCC1. The summed E-state index contributed by atoms with van der Waals surface area (Å²) in [5.41, 5.74) is 0.694. The van der Waals surface area contributed by atoms with Gasteiger partial charge in [-0.3, -0.25) is 4.90 Å². The third-order valence-corrected chi connectivity index (χ3v) is 5.24. The average Bonchev–Trinajstić information content (AvgIpc) is 2.62. The molecule has 1 heterocycles. The summed E-state index contributed by atoms with van der Waals surface area (Å²) in [7, 11) is 0. The molecule has 1 atom stereocenters. The molecule has 0 spiro atoms. The maximum atomic E-state index is 11.2. The van der Waals surface area contributed by atoms with Gasteiger partial charge in [0, 0.05) is 41.2 Å². The molecule has 1 unspecified atom stereocenters. The molecule has 1 aliphatic rings. The molecule has 0 amide bonds. The molecule has 2 aromatic carbocycles. The number of nitrogens with zero attached hydrogens (tertiary/aromatic N) is 1. The monoisotopic (exact) mass is 424 g/mol. The van der Waals surface area contributed by atoms with Crippen LogP contribution in [-0.4, -0.2) is 36.2 Å². The first-order chi connectivity index (χ1) is 12.0. The Balaban J connectivity index is 1.83. The van der Waals surface area contributed by atoms with Crippen molar-refractivity contribution in [1.29, 1.82) is 0 Å². The second-order valence-electron chi connectivity index (χ2n) is 6.31. The van der Waals surface area contributed by atoms with Crippen molar-refractivity contribution in [2.75, 3.05) is 26.2 Å². The zero-order valence-electron chi connectivity index (χ0n) is 14.1. The molecular formula is C19H22BrClN2O2. The van der Waals surface area contributed by atoms with Crippen molar-refractivity contribution in [2.45, 2.75) is 19.3 Å². The van der Waals surface area contributed by atoms with Gasteiger partial charge in [-0.05, 0) is 42.8 Å². The van der Waals surface area contributed by atoms with Gasteiger partial charge < -0.3 is 15.2 Å². The molecular weight excluding hydrogens is 404 g/mol. The lowest BCUT2D eigenvalue weighted by Crippen LogP contribution is -2.53. The number of rotatable bonds is 5. The number of aliphatic hydroxyl groups is 1. The van der Waals surface area contributed by atoms with Gasteiger partial charge in [0.25, 0.3) is 0 Å². The lowest BCUT2D eigenvalue weighted by molar-refractivity contribution is -0.107. The van der Waals surface area contributed by atoms with Crippen LogP contribution in [0.15, 0.2) is 46.9 Å². The Morgan fingerprint density at radius 3 is 2.56 bits per heavy atom. The Bertz CT molecular complexity index is 716. The quantitative estimate of drug-likeness (QED) is 0.766. The molecule has 2 N–H and O–H groups in total. The van der Waals surface area contributed by atoms with E-state index in [1.165, 1.54) is 0 Å². The van der Waals surface area contributed by atoms with Crippen LogP contribution >= 0.6 is 27.5 Å². The Kier molecular flexibility index (Phi) is 6.02. The second-order valence-corrected chi connectivity index (χ2v) is 7.67. The van der Waals surface area contributed by atoms with Crippen LogP contribution in [0.3, 0.4) is 0 Å². The van der Waals surface area contributed by atoms with Crippen molar-refractivity contribution in [3.63, 3.8) is 0 Å². The van der Waals surface area contributed by atoms with Gasteiger partial charge >= 0.3 is 0 Å². The van der Waals surface area contributed by atoms with E-state index in [2.05, 4.69) is 26.1 Å². The Hall–Kier alpha value is -1.11. The first kappa shape index (κ1) is 18.7. The maximum absolute atomic E-state index is 11.2. The number of benzene rings is 2. The van der Waals surface area contributed by atoms with Crippen LogP contribution in [-0.2, 0) is 12.3 Å². The highest BCUT2D eigenvalue weighted by atomic mass is 79.9. The highest BCUT2D eigenvalue weighted by molar-refractivity contribution is 9.10. The normalized spacial score (nSPS) is 17.9. The molecule has 2 aromatic rings. The van der Waals surface area contributed by atoms with Gasteiger partial charge in [0.2, 0.25) is 0 Å². The summed E-state index contributed by atoms with van der Waals surface area (Å²) in [6.45, 7) is 5.56. The third kappa shape index (κ3) is 4.54. The van der Waals surface area contributed by atoms with Gasteiger partial charge in [0.05, 0.1) is 0 Å². The van der Waals surface area contributed by atoms with E-state index in [4.69, 9.17) is 16.3 Å². The summed E-state index contributed by atoms with van der Waals surface area (Å²) in [5.74, 6) is 0.682. The van der Waals surface area contributed by atoms with Gasteiger partial charge in [-0.25, -0.2) is 0 Å². The molecule has 0 bridgehead atoms. The molecule has 1 aliphatic heterocycles. The van der Waals surface area contributed by atoms with Crippen LogP contribution in [0.2, 0.25) is 5.02 Å². The Morgan fingerprint density at radius 1 is 1.20 bits per heavy atom. The van der Waals surface area contributed by atoms with Crippen molar-refractivity contribution in [1.82, 2.24) is 10.2 Å². The maximum Gasteiger partial charge on any atom is 0.145 e. The predicted molar refractivity (Wildman–Crippen MR) is 104 cm³/mol. The Morgan fingerprint density at radius 2 is 1.88 bits per heavy atom. The van der Waals surface area contributed by atoms with Gasteiger partial charge in [-0.1, -0.05) is 39.7 Å². The fourth-order valence-electron chi connectivity index (χ4n) is 3.01. The van der Waals surface area contributed by atoms with Gasteiger partial charge in [-0.15, -0.1) is 0 Å². The van der Waals surface area contributed by atoms with Crippen molar-refractivity contribution in [3.8, 4) is 5.75 Å². The van der Waals surface area contributed by atoms with Crippen molar-refractivity contribution >= 4 is 27.5 Å². The van der Waals surface area contributed by atoms with E-state index < -0.39 is 5.72 Å². The summed E-state index contributed by atoms with van der Waals surface area (Å²) < 4.78 is 6.94. The zero-order chi connectivity index (χ0) is 17.9. The molecule has 6 heteroatoms. The predicted octanol–water partition coefficient (Wildman–Crippen LogP) is 3.75. The van der Waals surface area contributed by atoms with Crippen LogP contribution in [0.4, 0.5) is 0 Å². The number of halogens is 2. The summed E-state index contributed by atoms with van der Waals surface area (Å²) >= 11 is 9.43. The highest BCUT2D eigenvalue weighted by Gasteiger charge is 2.34. The lowest BCUT2D eigenvalue weighted by Gasteiger charge is -2.40. The van der Waals surface area contributed by atoms with E-state index in [9.17, 15) is 5.11 Å². The average molecular weight is 426 g/mol. The molecule has 4 nitrogen and oxygen atoms in total. The fourth-order valence-corrected chi connectivity index (χ4v) is 3.50. The summed E-state index contributed by atoms with van der Waals surface area (Å²) in [5, 5.41) is 15.2. The van der Waals surface area contributed by atoms with E-state index in [0.717, 1.165) is 41.8 Å². The molecule has 134 valence electrons. The molecule has 0 aromatic heterocycles. The van der Waals surface area contributed by atoms with Crippen molar-refractivity contribution in [3.05, 3.63) is 63.1 Å². The molecule has 1 fully saturated rings. The first-order valence-electron chi connectivity index (χ1n) is 8.32. The zero-order valence-corrected chi connectivity index (χ0v) is 16.5. The second kappa shape index (κ2) is 8.06. The van der Waals surface area contributed by atoms with E-state index in [0.29, 0.717) is 17.4 Å². The first-order valence-corrected chi connectivity index (χ1v) is 9.49. The van der Waals surface area contributed by atoms with Crippen molar-refractivity contribution < 1.29 is 9.84 Å². The molecule has 25 heavy (non-hydrogen) atoms. The standard InChI is InChI=1S/C19H22BrClN2O2/c1-19(24,23-10-8-22-9-11-23)17-12-15(20)4-7-18(17)25-13-14-2-5-16(21)6-3-14/h2-7,12,22,24H,8-11,13H2,1H3.